The summed E-state index contributed by atoms with van der Waals surface area (Å²) in [5.74, 6) is -0.488. The normalized spacial score (nSPS) is 10.5. The maximum atomic E-state index is 10.2. The molecule has 0 bridgehead atoms. The van der Waals surface area contributed by atoms with E-state index in [0.29, 0.717) is 5.75 Å². The van der Waals surface area contributed by atoms with Gasteiger partial charge in [0, 0.05) is 0 Å². The summed E-state index contributed by atoms with van der Waals surface area (Å²) in [5, 5.41) is 16.9. The van der Waals surface area contributed by atoms with Gasteiger partial charge in [-0.25, -0.2) is 4.79 Å². The van der Waals surface area contributed by atoms with Crippen molar-refractivity contribution < 1.29 is 19.7 Å². The van der Waals surface area contributed by atoms with Gasteiger partial charge >= 0.3 is 5.97 Å². The molecule has 0 aromatic heterocycles. The summed E-state index contributed by atoms with van der Waals surface area (Å²) in [5.41, 5.74) is 0.923. The standard InChI is InChI=1S/C11H12O4/c12-7-1-2-9-3-5-10(6-4-9)15-8-11(13)14/h1-6,12H,7-8H2,(H,13,14). The van der Waals surface area contributed by atoms with Crippen LogP contribution in [-0.4, -0.2) is 29.4 Å². The largest absolute Gasteiger partial charge is 0.482 e. The van der Waals surface area contributed by atoms with Gasteiger partial charge in [0.15, 0.2) is 6.61 Å². The monoisotopic (exact) mass is 208 g/mol. The third-order valence-corrected chi connectivity index (χ3v) is 1.66. The molecule has 1 rings (SSSR count). The fourth-order valence-corrected chi connectivity index (χ4v) is 1.01. The molecule has 4 heteroatoms. The number of carboxylic acid groups (broad SMARTS) is 1. The Hall–Kier alpha value is -1.81. The van der Waals surface area contributed by atoms with Crippen LogP contribution in [0.15, 0.2) is 30.3 Å². The van der Waals surface area contributed by atoms with Crippen molar-refractivity contribution in [3.63, 3.8) is 0 Å². The third-order valence-electron chi connectivity index (χ3n) is 1.66. The number of ether oxygens (including phenoxy) is 1. The summed E-state index contributed by atoms with van der Waals surface area (Å²) in [7, 11) is 0. The third kappa shape index (κ3) is 4.28. The van der Waals surface area contributed by atoms with E-state index in [-0.39, 0.29) is 13.2 Å². The number of hydrogen-bond donors (Lipinski definition) is 2. The van der Waals surface area contributed by atoms with Crippen molar-refractivity contribution in [1.82, 2.24) is 0 Å². The zero-order chi connectivity index (χ0) is 11.1. The van der Waals surface area contributed by atoms with Crippen LogP contribution in [0.4, 0.5) is 0 Å². The Morgan fingerprint density at radius 2 is 2.00 bits per heavy atom. The van der Waals surface area contributed by atoms with Crippen LogP contribution < -0.4 is 4.74 Å². The first-order valence-electron chi connectivity index (χ1n) is 4.44. The molecule has 1 aromatic carbocycles. The molecule has 0 saturated carbocycles. The predicted octanol–water partition coefficient (Wildman–Crippen LogP) is 1.16. The van der Waals surface area contributed by atoms with E-state index in [9.17, 15) is 4.79 Å². The Labute approximate surface area is 87.4 Å². The van der Waals surface area contributed by atoms with Crippen LogP contribution in [0.2, 0.25) is 0 Å². The molecule has 80 valence electrons. The number of benzene rings is 1. The summed E-state index contributed by atoms with van der Waals surface area (Å²) in [4.78, 5) is 10.2. The summed E-state index contributed by atoms with van der Waals surface area (Å²) in [6, 6.07) is 6.92. The van der Waals surface area contributed by atoms with Gasteiger partial charge in [0.2, 0.25) is 0 Å². The first-order valence-corrected chi connectivity index (χ1v) is 4.44. The topological polar surface area (TPSA) is 66.8 Å². The molecule has 0 saturated heterocycles. The Kier molecular flexibility index (Phi) is 4.37. The van der Waals surface area contributed by atoms with E-state index in [1.165, 1.54) is 0 Å². The zero-order valence-corrected chi connectivity index (χ0v) is 8.09. The zero-order valence-electron chi connectivity index (χ0n) is 8.09. The number of aliphatic carboxylic acids is 1. The Morgan fingerprint density at radius 3 is 2.53 bits per heavy atom. The molecule has 0 heterocycles. The molecule has 15 heavy (non-hydrogen) atoms. The molecule has 0 aliphatic rings. The number of hydrogen-bond acceptors (Lipinski definition) is 3. The van der Waals surface area contributed by atoms with Crippen LogP contribution in [0.25, 0.3) is 6.08 Å². The van der Waals surface area contributed by atoms with Crippen LogP contribution in [0.3, 0.4) is 0 Å². The van der Waals surface area contributed by atoms with Crippen LogP contribution in [0, 0.1) is 0 Å². The van der Waals surface area contributed by atoms with Crippen molar-refractivity contribution in [3.05, 3.63) is 35.9 Å². The average molecular weight is 208 g/mol. The van der Waals surface area contributed by atoms with Crippen LogP contribution >= 0.6 is 0 Å². The van der Waals surface area contributed by atoms with Gasteiger partial charge in [0.1, 0.15) is 5.75 Å². The minimum absolute atomic E-state index is 0.00271. The summed E-state index contributed by atoms with van der Waals surface area (Å²) < 4.78 is 4.95. The number of carboxylic acids is 1. The van der Waals surface area contributed by atoms with Gasteiger partial charge in [-0.1, -0.05) is 24.3 Å². The first kappa shape index (κ1) is 11.3. The molecule has 0 amide bonds. The van der Waals surface area contributed by atoms with E-state index >= 15 is 0 Å². The van der Waals surface area contributed by atoms with Gasteiger partial charge in [-0.3, -0.25) is 0 Å². The van der Waals surface area contributed by atoms with Crippen molar-refractivity contribution in [1.29, 1.82) is 0 Å². The van der Waals surface area contributed by atoms with E-state index in [0.717, 1.165) is 5.56 Å². The molecule has 0 spiro atoms. The van der Waals surface area contributed by atoms with Gasteiger partial charge in [0.25, 0.3) is 0 Å². The fraction of sp³-hybridized carbons (Fsp3) is 0.182. The number of aliphatic hydroxyl groups excluding tert-OH is 1. The molecule has 0 atom stereocenters. The molecular weight excluding hydrogens is 196 g/mol. The maximum absolute atomic E-state index is 10.2. The van der Waals surface area contributed by atoms with Crippen molar-refractivity contribution >= 4 is 12.0 Å². The van der Waals surface area contributed by atoms with Gasteiger partial charge < -0.3 is 14.9 Å². The Morgan fingerprint density at radius 1 is 1.33 bits per heavy atom. The van der Waals surface area contributed by atoms with Crippen LogP contribution in [0.1, 0.15) is 5.56 Å². The van der Waals surface area contributed by atoms with Crippen LogP contribution in [-0.2, 0) is 4.79 Å². The molecule has 4 nitrogen and oxygen atoms in total. The number of carbonyl (C=O) groups is 1. The van der Waals surface area contributed by atoms with Gasteiger partial charge in [0.05, 0.1) is 6.61 Å². The van der Waals surface area contributed by atoms with Gasteiger partial charge in [-0.15, -0.1) is 0 Å². The molecule has 1 aromatic rings. The summed E-state index contributed by atoms with van der Waals surface area (Å²) >= 11 is 0. The van der Waals surface area contributed by atoms with E-state index in [1.54, 1.807) is 36.4 Å². The van der Waals surface area contributed by atoms with Gasteiger partial charge in [-0.05, 0) is 17.7 Å². The van der Waals surface area contributed by atoms with E-state index in [2.05, 4.69) is 0 Å². The van der Waals surface area contributed by atoms with Crippen molar-refractivity contribution in [2.45, 2.75) is 0 Å². The smallest absolute Gasteiger partial charge is 0.341 e. The van der Waals surface area contributed by atoms with Crippen molar-refractivity contribution in [2.24, 2.45) is 0 Å². The minimum atomic E-state index is -1.00. The molecule has 0 radical (unpaired) electrons. The SMILES string of the molecule is O=C(O)COc1ccc(C=CCO)cc1. The first-order chi connectivity index (χ1) is 7.22. The average Bonchev–Trinajstić information content (AvgIpc) is 2.25. The van der Waals surface area contributed by atoms with E-state index < -0.39 is 5.97 Å². The lowest BCUT2D eigenvalue weighted by Crippen LogP contribution is -2.09. The summed E-state index contributed by atoms with van der Waals surface area (Å²) in [6.07, 6.45) is 3.38. The minimum Gasteiger partial charge on any atom is -0.482 e. The van der Waals surface area contributed by atoms with E-state index in [1.807, 2.05) is 0 Å². The molecule has 0 aliphatic heterocycles. The highest BCUT2D eigenvalue weighted by Gasteiger charge is 1.98. The van der Waals surface area contributed by atoms with Gasteiger partial charge in [-0.2, -0.15) is 0 Å². The second kappa shape index (κ2) is 5.82. The maximum Gasteiger partial charge on any atom is 0.341 e. The lowest BCUT2D eigenvalue weighted by Gasteiger charge is -2.02. The molecule has 2 N–H and O–H groups in total. The molecule has 0 aliphatic carbocycles. The number of aliphatic hydroxyl groups is 1. The second-order valence-electron chi connectivity index (χ2n) is 2.84. The van der Waals surface area contributed by atoms with Crippen LogP contribution in [0.5, 0.6) is 5.75 Å². The molecular formula is C11H12O4. The highest BCUT2D eigenvalue weighted by Crippen LogP contribution is 2.12. The number of rotatable bonds is 5. The lowest BCUT2D eigenvalue weighted by atomic mass is 10.2. The molecule has 0 fully saturated rings. The quantitative estimate of drug-likeness (QED) is 0.761. The Bertz CT molecular complexity index is 340. The highest BCUT2D eigenvalue weighted by molar-refractivity contribution is 5.68. The molecule has 0 unspecified atom stereocenters. The highest BCUT2D eigenvalue weighted by atomic mass is 16.5. The van der Waals surface area contributed by atoms with E-state index in [4.69, 9.17) is 14.9 Å². The fourth-order valence-electron chi connectivity index (χ4n) is 1.01. The Balaban J connectivity index is 2.56. The predicted molar refractivity (Wildman–Crippen MR) is 55.7 cm³/mol. The van der Waals surface area contributed by atoms with Crippen molar-refractivity contribution in [2.75, 3.05) is 13.2 Å². The lowest BCUT2D eigenvalue weighted by molar-refractivity contribution is -0.139. The summed E-state index contributed by atoms with van der Waals surface area (Å²) in [6.45, 7) is -0.344. The van der Waals surface area contributed by atoms with Crippen molar-refractivity contribution in [3.8, 4) is 5.75 Å². The second-order valence-corrected chi connectivity index (χ2v) is 2.84.